The molecule has 0 bridgehead atoms. The maximum atomic E-state index is 11.3. The van der Waals surface area contributed by atoms with Crippen molar-refractivity contribution in [2.24, 2.45) is 0 Å². The van der Waals surface area contributed by atoms with E-state index in [1.165, 1.54) is 4.88 Å². The van der Waals surface area contributed by atoms with E-state index in [9.17, 15) is 4.79 Å². The second-order valence-corrected chi connectivity index (χ2v) is 3.84. The Morgan fingerprint density at radius 1 is 1.73 bits per heavy atom. The maximum absolute atomic E-state index is 11.3. The Morgan fingerprint density at radius 3 is 3.36 bits per heavy atom. The molecule has 0 aliphatic carbocycles. The van der Waals surface area contributed by atoms with E-state index >= 15 is 0 Å². The molecule has 0 saturated heterocycles. The second kappa shape index (κ2) is 2.34. The highest BCUT2D eigenvalue weighted by molar-refractivity contribution is 7.10. The summed E-state index contributed by atoms with van der Waals surface area (Å²) in [6.07, 6.45) is 0.985. The highest BCUT2D eigenvalue weighted by atomic mass is 32.1. The second-order valence-electron chi connectivity index (χ2n) is 2.84. The van der Waals surface area contributed by atoms with Gasteiger partial charge in [-0.15, -0.1) is 11.3 Å². The minimum Gasteiger partial charge on any atom is -0.349 e. The lowest BCUT2D eigenvalue weighted by molar-refractivity contribution is 0.0930. The van der Waals surface area contributed by atoms with Crippen molar-refractivity contribution in [1.29, 1.82) is 0 Å². The Hall–Kier alpha value is -0.830. The molecule has 2 heterocycles. The van der Waals surface area contributed by atoms with Crippen LogP contribution in [-0.4, -0.2) is 11.9 Å². The van der Waals surface area contributed by atoms with Crippen LogP contribution in [0.1, 0.15) is 22.2 Å². The molecule has 1 aliphatic rings. The number of hydrogen-bond donors (Lipinski definition) is 1. The van der Waals surface area contributed by atoms with Crippen molar-refractivity contribution in [1.82, 2.24) is 5.32 Å². The topological polar surface area (TPSA) is 29.1 Å². The molecule has 0 spiro atoms. The molecule has 58 valence electrons. The molecule has 1 amide bonds. The average Bonchev–Trinajstić information content (AvgIpc) is 2.34. The van der Waals surface area contributed by atoms with Crippen LogP contribution in [-0.2, 0) is 6.42 Å². The van der Waals surface area contributed by atoms with Crippen molar-refractivity contribution >= 4 is 17.2 Å². The van der Waals surface area contributed by atoms with Gasteiger partial charge >= 0.3 is 0 Å². The van der Waals surface area contributed by atoms with Crippen LogP contribution in [0.4, 0.5) is 0 Å². The predicted molar refractivity (Wildman–Crippen MR) is 45.0 cm³/mol. The Kier molecular flexibility index (Phi) is 1.46. The van der Waals surface area contributed by atoms with E-state index in [1.54, 1.807) is 11.3 Å². The zero-order chi connectivity index (χ0) is 7.84. The van der Waals surface area contributed by atoms with Gasteiger partial charge in [0.15, 0.2) is 0 Å². The molecular weight excluding hydrogens is 158 g/mol. The molecule has 0 fully saturated rings. The highest BCUT2D eigenvalue weighted by Gasteiger charge is 2.21. The van der Waals surface area contributed by atoms with E-state index in [0.717, 1.165) is 12.0 Å². The summed E-state index contributed by atoms with van der Waals surface area (Å²) in [5.41, 5.74) is 0.869. The first-order valence-corrected chi connectivity index (χ1v) is 4.52. The van der Waals surface area contributed by atoms with Crippen LogP contribution >= 0.6 is 11.3 Å². The molecule has 2 rings (SSSR count). The fraction of sp³-hybridized carbons (Fsp3) is 0.375. The molecule has 3 heteroatoms. The van der Waals surface area contributed by atoms with E-state index in [0.29, 0.717) is 6.04 Å². The summed E-state index contributed by atoms with van der Waals surface area (Å²) in [6.45, 7) is 2.03. The molecule has 1 aromatic heterocycles. The first kappa shape index (κ1) is 6.85. The Labute approximate surface area is 69.2 Å². The largest absolute Gasteiger partial charge is 0.349 e. The molecule has 1 atom stereocenters. The third-order valence-electron chi connectivity index (χ3n) is 1.86. The van der Waals surface area contributed by atoms with Gasteiger partial charge in [-0.25, -0.2) is 0 Å². The van der Waals surface area contributed by atoms with Gasteiger partial charge in [0.05, 0.1) is 5.56 Å². The van der Waals surface area contributed by atoms with Gasteiger partial charge in [0.2, 0.25) is 0 Å². The van der Waals surface area contributed by atoms with Crippen LogP contribution in [0.25, 0.3) is 0 Å². The maximum Gasteiger partial charge on any atom is 0.252 e. The minimum absolute atomic E-state index is 0.0833. The lowest BCUT2D eigenvalue weighted by Crippen LogP contribution is -2.38. The van der Waals surface area contributed by atoms with Crippen molar-refractivity contribution in [3.05, 3.63) is 21.9 Å². The highest BCUT2D eigenvalue weighted by Crippen LogP contribution is 2.21. The van der Waals surface area contributed by atoms with Gasteiger partial charge in [-0.05, 0) is 18.4 Å². The first-order chi connectivity index (χ1) is 5.27. The van der Waals surface area contributed by atoms with Crippen molar-refractivity contribution in [3.63, 3.8) is 0 Å². The summed E-state index contributed by atoms with van der Waals surface area (Å²) < 4.78 is 0. The molecule has 2 nitrogen and oxygen atoms in total. The van der Waals surface area contributed by atoms with E-state index in [-0.39, 0.29) is 5.91 Å². The number of rotatable bonds is 0. The van der Waals surface area contributed by atoms with Gasteiger partial charge in [-0.2, -0.15) is 0 Å². The van der Waals surface area contributed by atoms with Crippen molar-refractivity contribution in [3.8, 4) is 0 Å². The average molecular weight is 167 g/mol. The van der Waals surface area contributed by atoms with Crippen LogP contribution in [0.15, 0.2) is 11.4 Å². The standard InChI is InChI=1S/C8H9NOS/c1-5-4-7-6(2-3-11-7)8(10)9-5/h2-3,5H,4H2,1H3,(H,9,10). The number of fused-ring (bicyclic) bond motifs is 1. The SMILES string of the molecule is CC1Cc2sccc2C(=O)N1. The number of thiophene rings is 1. The molecule has 1 N–H and O–H groups in total. The molecular formula is C8H9NOS. The van der Waals surface area contributed by atoms with E-state index in [2.05, 4.69) is 5.32 Å². The first-order valence-electron chi connectivity index (χ1n) is 3.64. The number of carbonyl (C=O) groups excluding carboxylic acids is 1. The molecule has 1 aromatic rings. The summed E-state index contributed by atoms with van der Waals surface area (Å²) in [5.74, 6) is 0.0833. The van der Waals surface area contributed by atoms with Crippen LogP contribution in [0.5, 0.6) is 0 Å². The quantitative estimate of drug-likeness (QED) is 0.622. The number of nitrogens with one attached hydrogen (secondary N) is 1. The smallest absolute Gasteiger partial charge is 0.252 e. The Morgan fingerprint density at radius 2 is 2.55 bits per heavy atom. The fourth-order valence-corrected chi connectivity index (χ4v) is 2.33. The zero-order valence-electron chi connectivity index (χ0n) is 6.26. The number of hydrogen-bond acceptors (Lipinski definition) is 2. The van der Waals surface area contributed by atoms with E-state index < -0.39 is 0 Å². The van der Waals surface area contributed by atoms with Gasteiger partial charge in [-0.3, -0.25) is 4.79 Å². The minimum atomic E-state index is 0.0833. The van der Waals surface area contributed by atoms with Gasteiger partial charge in [0.1, 0.15) is 0 Å². The van der Waals surface area contributed by atoms with E-state index in [1.807, 2.05) is 18.4 Å². The van der Waals surface area contributed by atoms with Gasteiger partial charge in [0, 0.05) is 17.3 Å². The lowest BCUT2D eigenvalue weighted by Gasteiger charge is -2.18. The van der Waals surface area contributed by atoms with Crippen molar-refractivity contribution in [2.75, 3.05) is 0 Å². The van der Waals surface area contributed by atoms with E-state index in [4.69, 9.17) is 0 Å². The molecule has 1 aliphatic heterocycles. The summed E-state index contributed by atoms with van der Waals surface area (Å²) in [4.78, 5) is 12.5. The van der Waals surface area contributed by atoms with Crippen molar-refractivity contribution < 1.29 is 4.79 Å². The number of carbonyl (C=O) groups is 1. The molecule has 0 saturated carbocycles. The molecule has 0 radical (unpaired) electrons. The van der Waals surface area contributed by atoms with Gasteiger partial charge < -0.3 is 5.32 Å². The van der Waals surface area contributed by atoms with Crippen LogP contribution in [0.2, 0.25) is 0 Å². The third-order valence-corrected chi connectivity index (χ3v) is 2.80. The van der Waals surface area contributed by atoms with Crippen LogP contribution in [0, 0.1) is 0 Å². The lowest BCUT2D eigenvalue weighted by atomic mass is 10.1. The molecule has 1 unspecified atom stereocenters. The molecule has 11 heavy (non-hydrogen) atoms. The van der Waals surface area contributed by atoms with Crippen molar-refractivity contribution in [2.45, 2.75) is 19.4 Å². The summed E-state index contributed by atoms with van der Waals surface area (Å²) >= 11 is 1.67. The Bertz CT molecular complexity index is 292. The normalized spacial score (nSPS) is 22.6. The van der Waals surface area contributed by atoms with Crippen LogP contribution < -0.4 is 5.32 Å². The summed E-state index contributed by atoms with van der Waals surface area (Å²) in [7, 11) is 0. The summed E-state index contributed by atoms with van der Waals surface area (Å²) in [6, 6.07) is 2.19. The van der Waals surface area contributed by atoms with Gasteiger partial charge in [-0.1, -0.05) is 0 Å². The predicted octanol–water partition coefficient (Wildman–Crippen LogP) is 1.42. The third kappa shape index (κ3) is 1.05. The molecule has 0 aromatic carbocycles. The number of amides is 1. The fourth-order valence-electron chi connectivity index (χ4n) is 1.33. The van der Waals surface area contributed by atoms with Crippen LogP contribution in [0.3, 0.4) is 0 Å². The Balaban J connectivity index is 2.44. The summed E-state index contributed by atoms with van der Waals surface area (Å²) in [5, 5.41) is 4.86. The van der Waals surface area contributed by atoms with Gasteiger partial charge in [0.25, 0.3) is 5.91 Å². The monoisotopic (exact) mass is 167 g/mol. The zero-order valence-corrected chi connectivity index (χ0v) is 7.07.